The molecule has 0 radical (unpaired) electrons. The molecule has 0 aliphatic rings. The number of aromatic nitrogens is 2. The Balaban J connectivity index is 2.59. The van der Waals surface area contributed by atoms with Crippen LogP contribution in [0.25, 0.3) is 11.0 Å². The van der Waals surface area contributed by atoms with Crippen molar-refractivity contribution >= 4 is 35.0 Å². The highest BCUT2D eigenvalue weighted by atomic mass is 32.2. The summed E-state index contributed by atoms with van der Waals surface area (Å²) in [6.07, 6.45) is 3.25. The summed E-state index contributed by atoms with van der Waals surface area (Å²) < 4.78 is 3.10. The lowest BCUT2D eigenvalue weighted by atomic mass is 10.2. The number of benzene rings is 1. The lowest BCUT2D eigenvalue weighted by Gasteiger charge is -2.16. The normalized spacial score (nSPS) is 13.1. The first-order chi connectivity index (χ1) is 8.17. The van der Waals surface area contributed by atoms with E-state index in [2.05, 4.69) is 47.9 Å². The molecule has 0 aliphatic carbocycles. The first kappa shape index (κ1) is 12.7. The Morgan fingerprint density at radius 1 is 1.47 bits per heavy atom. The molecule has 0 saturated heterocycles. The van der Waals surface area contributed by atoms with E-state index in [1.54, 1.807) is 0 Å². The van der Waals surface area contributed by atoms with Crippen molar-refractivity contribution in [2.24, 2.45) is 0 Å². The third-order valence-corrected chi connectivity index (χ3v) is 4.08. The Kier molecular flexibility index (Phi) is 3.94. The number of nitrogens with one attached hydrogen (secondary N) is 1. The van der Waals surface area contributed by atoms with Gasteiger partial charge < -0.3 is 9.55 Å². The van der Waals surface area contributed by atoms with Gasteiger partial charge in [0.25, 0.3) is 0 Å². The third-order valence-electron chi connectivity index (χ3n) is 3.07. The number of fused-ring (bicyclic) bond motifs is 1. The number of rotatable bonds is 4. The molecule has 1 aromatic heterocycles. The van der Waals surface area contributed by atoms with E-state index in [0.29, 0.717) is 6.04 Å². The number of hydrogen-bond acceptors (Lipinski definition) is 2. The summed E-state index contributed by atoms with van der Waals surface area (Å²) in [5.74, 6) is 1.10. The van der Waals surface area contributed by atoms with Gasteiger partial charge in [0.2, 0.25) is 0 Å². The van der Waals surface area contributed by atoms with E-state index < -0.39 is 0 Å². The highest BCUT2D eigenvalue weighted by Gasteiger charge is 2.13. The Labute approximate surface area is 111 Å². The summed E-state index contributed by atoms with van der Waals surface area (Å²) in [6.45, 7) is 4.32. The molecule has 1 aromatic carbocycles. The number of nitrogens with zero attached hydrogens (tertiary/aromatic N) is 1. The zero-order valence-corrected chi connectivity index (χ0v) is 12.1. The highest BCUT2D eigenvalue weighted by molar-refractivity contribution is 7.98. The molecule has 17 heavy (non-hydrogen) atoms. The molecule has 2 rings (SSSR count). The number of hydrogen-bond donors (Lipinski definition) is 1. The van der Waals surface area contributed by atoms with Crippen molar-refractivity contribution in [1.82, 2.24) is 9.55 Å². The molecular formula is C13H18N2S2. The van der Waals surface area contributed by atoms with Crippen LogP contribution < -0.4 is 0 Å². The highest BCUT2D eigenvalue weighted by Crippen LogP contribution is 2.24. The smallest absolute Gasteiger partial charge is 0.178 e. The molecular weight excluding hydrogens is 248 g/mol. The standard InChI is InChI=1S/C13H18N2S2/c1-4-10(8-17-3)15-12-6-5-9(2)7-11(12)14-13(15)16/h5-7,10H,4,8H2,1-3H3,(H,14,16). The van der Waals surface area contributed by atoms with Gasteiger partial charge in [0.05, 0.1) is 11.0 Å². The number of thioether (sulfide) groups is 1. The van der Waals surface area contributed by atoms with Crippen LogP contribution in [0.15, 0.2) is 18.2 Å². The number of aromatic amines is 1. The second-order valence-corrected chi connectivity index (χ2v) is 5.64. The lowest BCUT2D eigenvalue weighted by Crippen LogP contribution is -2.10. The summed E-state index contributed by atoms with van der Waals surface area (Å²) in [5, 5.41) is 0. The van der Waals surface area contributed by atoms with E-state index in [0.717, 1.165) is 22.5 Å². The van der Waals surface area contributed by atoms with Gasteiger partial charge in [0.1, 0.15) is 0 Å². The van der Waals surface area contributed by atoms with E-state index in [1.807, 2.05) is 11.8 Å². The quantitative estimate of drug-likeness (QED) is 0.832. The summed E-state index contributed by atoms with van der Waals surface area (Å²) in [6, 6.07) is 6.95. The first-order valence-corrected chi connectivity index (χ1v) is 7.67. The lowest BCUT2D eigenvalue weighted by molar-refractivity contribution is 0.547. The van der Waals surface area contributed by atoms with E-state index >= 15 is 0 Å². The van der Waals surface area contributed by atoms with Crippen LogP contribution in [0.3, 0.4) is 0 Å². The second kappa shape index (κ2) is 5.27. The Hall–Kier alpha value is -0.740. The van der Waals surface area contributed by atoms with Gasteiger partial charge in [-0.15, -0.1) is 0 Å². The topological polar surface area (TPSA) is 20.7 Å². The largest absolute Gasteiger partial charge is 0.331 e. The average Bonchev–Trinajstić information content (AvgIpc) is 2.61. The molecule has 0 bridgehead atoms. The molecule has 1 unspecified atom stereocenters. The van der Waals surface area contributed by atoms with Crippen molar-refractivity contribution in [1.29, 1.82) is 0 Å². The van der Waals surface area contributed by atoms with Crippen LogP contribution in [0.5, 0.6) is 0 Å². The number of aryl methyl sites for hydroxylation is 1. The van der Waals surface area contributed by atoms with Crippen LogP contribution in [0, 0.1) is 11.7 Å². The van der Waals surface area contributed by atoms with Gasteiger partial charge in [-0.3, -0.25) is 0 Å². The minimum absolute atomic E-state index is 0.481. The maximum atomic E-state index is 5.45. The van der Waals surface area contributed by atoms with Gasteiger partial charge >= 0.3 is 0 Å². The van der Waals surface area contributed by atoms with Gasteiger partial charge in [-0.05, 0) is 49.5 Å². The number of imidazole rings is 1. The first-order valence-electron chi connectivity index (χ1n) is 5.87. The van der Waals surface area contributed by atoms with Gasteiger partial charge in [0.15, 0.2) is 4.77 Å². The van der Waals surface area contributed by atoms with Crippen molar-refractivity contribution < 1.29 is 0 Å². The van der Waals surface area contributed by atoms with E-state index in [1.165, 1.54) is 11.1 Å². The summed E-state index contributed by atoms with van der Waals surface area (Å²) in [4.78, 5) is 3.31. The second-order valence-electron chi connectivity index (χ2n) is 4.34. The summed E-state index contributed by atoms with van der Waals surface area (Å²) in [5.41, 5.74) is 3.63. The molecule has 0 spiro atoms. The molecule has 2 nitrogen and oxygen atoms in total. The molecule has 4 heteroatoms. The SMILES string of the molecule is CCC(CSC)n1c(=S)[nH]c2cc(C)ccc21. The zero-order chi connectivity index (χ0) is 12.4. The van der Waals surface area contributed by atoms with Gasteiger partial charge in [0, 0.05) is 11.8 Å². The fourth-order valence-electron chi connectivity index (χ4n) is 2.17. The molecule has 2 aromatic rings. The molecule has 0 aliphatic heterocycles. The van der Waals surface area contributed by atoms with Crippen molar-refractivity contribution in [2.45, 2.75) is 26.3 Å². The van der Waals surface area contributed by atoms with Gasteiger partial charge in [-0.25, -0.2) is 0 Å². The predicted molar refractivity (Wildman–Crippen MR) is 79.6 cm³/mol. The Morgan fingerprint density at radius 3 is 2.88 bits per heavy atom. The zero-order valence-electron chi connectivity index (χ0n) is 10.5. The van der Waals surface area contributed by atoms with Crippen LogP contribution >= 0.6 is 24.0 Å². The fraction of sp³-hybridized carbons (Fsp3) is 0.462. The molecule has 1 atom stereocenters. The number of H-pyrrole nitrogens is 1. The van der Waals surface area contributed by atoms with Crippen molar-refractivity contribution in [3.63, 3.8) is 0 Å². The molecule has 92 valence electrons. The minimum Gasteiger partial charge on any atom is -0.331 e. The molecule has 0 saturated carbocycles. The maximum absolute atomic E-state index is 5.45. The minimum atomic E-state index is 0.481. The predicted octanol–water partition coefficient (Wildman–Crippen LogP) is 4.32. The van der Waals surface area contributed by atoms with Crippen LogP contribution in [-0.2, 0) is 0 Å². The van der Waals surface area contributed by atoms with Crippen molar-refractivity contribution in [3.05, 3.63) is 28.5 Å². The van der Waals surface area contributed by atoms with E-state index in [4.69, 9.17) is 12.2 Å². The van der Waals surface area contributed by atoms with Crippen molar-refractivity contribution in [3.8, 4) is 0 Å². The average molecular weight is 266 g/mol. The monoisotopic (exact) mass is 266 g/mol. The Bertz CT molecular complexity index is 568. The van der Waals surface area contributed by atoms with Crippen LogP contribution in [-0.4, -0.2) is 21.6 Å². The van der Waals surface area contributed by atoms with E-state index in [-0.39, 0.29) is 0 Å². The fourth-order valence-corrected chi connectivity index (χ4v) is 3.30. The Morgan fingerprint density at radius 2 is 2.24 bits per heavy atom. The molecule has 0 amide bonds. The summed E-state index contributed by atoms with van der Waals surface area (Å²) in [7, 11) is 0. The van der Waals surface area contributed by atoms with E-state index in [9.17, 15) is 0 Å². The third kappa shape index (κ3) is 2.43. The van der Waals surface area contributed by atoms with Gasteiger partial charge in [-0.2, -0.15) is 11.8 Å². The molecule has 1 heterocycles. The summed E-state index contributed by atoms with van der Waals surface area (Å²) >= 11 is 7.32. The van der Waals surface area contributed by atoms with Crippen LogP contribution in [0.4, 0.5) is 0 Å². The van der Waals surface area contributed by atoms with Crippen LogP contribution in [0.1, 0.15) is 24.9 Å². The molecule has 0 fully saturated rings. The van der Waals surface area contributed by atoms with Crippen LogP contribution in [0.2, 0.25) is 0 Å². The molecule has 1 N–H and O–H groups in total. The van der Waals surface area contributed by atoms with Crippen molar-refractivity contribution in [2.75, 3.05) is 12.0 Å². The van der Waals surface area contributed by atoms with Gasteiger partial charge in [-0.1, -0.05) is 13.0 Å². The maximum Gasteiger partial charge on any atom is 0.178 e.